The van der Waals surface area contributed by atoms with Crippen molar-refractivity contribution in [1.29, 1.82) is 0 Å². The van der Waals surface area contributed by atoms with E-state index in [1.165, 1.54) is 12.8 Å². The van der Waals surface area contributed by atoms with Gasteiger partial charge in [0.2, 0.25) is 5.91 Å². The maximum absolute atomic E-state index is 13.6. The van der Waals surface area contributed by atoms with E-state index in [-0.39, 0.29) is 5.91 Å². The molecule has 1 saturated heterocycles. The molecule has 29 heavy (non-hydrogen) atoms. The maximum Gasteiger partial charge on any atom is 0.235 e. The lowest BCUT2D eigenvalue weighted by Gasteiger charge is -2.36. The van der Waals surface area contributed by atoms with Gasteiger partial charge in [0.05, 0.1) is 0 Å². The van der Waals surface area contributed by atoms with Crippen LogP contribution in [-0.2, 0) is 10.2 Å². The second-order valence-electron chi connectivity index (χ2n) is 8.68. The number of carbonyl (C=O) groups is 1. The molecule has 2 aliphatic heterocycles. The minimum absolute atomic E-state index is 0.0614. The van der Waals surface area contributed by atoms with Crippen molar-refractivity contribution in [2.75, 3.05) is 19.6 Å². The van der Waals surface area contributed by atoms with E-state index in [1.54, 1.807) is 0 Å². The first-order chi connectivity index (χ1) is 14.1. The quantitative estimate of drug-likeness (QED) is 0.722. The Bertz CT molecular complexity index is 812. The van der Waals surface area contributed by atoms with Gasteiger partial charge in [-0.05, 0) is 63.2 Å². The Balaban J connectivity index is 1.55. The number of benzene rings is 2. The van der Waals surface area contributed by atoms with Crippen molar-refractivity contribution < 1.29 is 9.53 Å². The summed E-state index contributed by atoms with van der Waals surface area (Å²) in [7, 11) is 0. The SMILES string of the molecule is CCCC(CNC(=O)C1(C)c2ccccc2Oc2ccccc21)CC1CCNC1. The first kappa shape index (κ1) is 20.0. The average molecular weight is 393 g/mol. The lowest BCUT2D eigenvalue weighted by molar-refractivity contribution is -0.125. The van der Waals surface area contributed by atoms with E-state index in [1.807, 2.05) is 55.5 Å². The molecule has 0 saturated carbocycles. The van der Waals surface area contributed by atoms with Crippen LogP contribution in [0.5, 0.6) is 11.5 Å². The van der Waals surface area contributed by atoms with Gasteiger partial charge in [-0.15, -0.1) is 0 Å². The summed E-state index contributed by atoms with van der Waals surface area (Å²) in [5, 5.41) is 6.78. The summed E-state index contributed by atoms with van der Waals surface area (Å²) in [6.07, 6.45) is 4.75. The van der Waals surface area contributed by atoms with Gasteiger partial charge in [0.25, 0.3) is 0 Å². The van der Waals surface area contributed by atoms with E-state index >= 15 is 0 Å². The molecule has 0 bridgehead atoms. The fraction of sp³-hybridized carbons (Fsp3) is 0.480. The van der Waals surface area contributed by atoms with Gasteiger partial charge in [-0.3, -0.25) is 4.79 Å². The minimum Gasteiger partial charge on any atom is -0.457 e. The molecule has 2 unspecified atom stereocenters. The summed E-state index contributed by atoms with van der Waals surface area (Å²) in [6, 6.07) is 15.8. The summed E-state index contributed by atoms with van der Waals surface area (Å²) >= 11 is 0. The third kappa shape index (κ3) is 3.91. The van der Waals surface area contributed by atoms with Gasteiger partial charge >= 0.3 is 0 Å². The standard InChI is InChI=1S/C25H32N2O2/c1-3-8-18(15-19-13-14-26-16-19)17-27-24(28)25(2)20-9-4-6-11-22(20)29-23-12-7-5-10-21(23)25/h4-7,9-12,18-19,26H,3,8,13-17H2,1-2H3,(H,27,28). The Morgan fingerprint density at radius 3 is 2.41 bits per heavy atom. The van der Waals surface area contributed by atoms with Crippen molar-refractivity contribution >= 4 is 5.91 Å². The topological polar surface area (TPSA) is 50.4 Å². The van der Waals surface area contributed by atoms with Gasteiger partial charge in [0.1, 0.15) is 16.9 Å². The molecule has 1 amide bonds. The molecule has 0 spiro atoms. The Labute approximate surface area is 174 Å². The highest BCUT2D eigenvalue weighted by Crippen LogP contribution is 2.47. The van der Waals surface area contributed by atoms with Crippen molar-refractivity contribution in [3.63, 3.8) is 0 Å². The third-order valence-corrected chi connectivity index (χ3v) is 6.60. The number of fused-ring (bicyclic) bond motifs is 2. The second-order valence-corrected chi connectivity index (χ2v) is 8.68. The van der Waals surface area contributed by atoms with Gasteiger partial charge in [-0.2, -0.15) is 0 Å². The molecule has 2 aromatic rings. The summed E-state index contributed by atoms with van der Waals surface area (Å²) in [4.78, 5) is 13.6. The molecule has 2 heterocycles. The van der Waals surface area contributed by atoms with Crippen LogP contribution in [0.4, 0.5) is 0 Å². The molecule has 2 aromatic carbocycles. The molecule has 1 fully saturated rings. The van der Waals surface area contributed by atoms with E-state index in [0.717, 1.165) is 61.0 Å². The number of hydrogen-bond acceptors (Lipinski definition) is 3. The Morgan fingerprint density at radius 2 is 1.83 bits per heavy atom. The molecule has 2 N–H and O–H groups in total. The van der Waals surface area contributed by atoms with Crippen LogP contribution in [0.3, 0.4) is 0 Å². The van der Waals surface area contributed by atoms with Crippen molar-refractivity contribution in [3.05, 3.63) is 59.7 Å². The minimum atomic E-state index is -0.753. The molecule has 154 valence electrons. The van der Waals surface area contributed by atoms with Crippen molar-refractivity contribution in [3.8, 4) is 11.5 Å². The molecule has 2 atom stereocenters. The highest BCUT2D eigenvalue weighted by molar-refractivity contribution is 5.94. The normalized spacial score (nSPS) is 20.3. The van der Waals surface area contributed by atoms with E-state index < -0.39 is 5.41 Å². The molecular formula is C25H32N2O2. The molecule has 0 aliphatic carbocycles. The van der Waals surface area contributed by atoms with Crippen molar-refractivity contribution in [1.82, 2.24) is 10.6 Å². The van der Waals surface area contributed by atoms with E-state index in [0.29, 0.717) is 5.92 Å². The number of para-hydroxylation sites is 2. The lowest BCUT2D eigenvalue weighted by Crippen LogP contribution is -2.46. The number of hydrogen-bond donors (Lipinski definition) is 2. The zero-order valence-electron chi connectivity index (χ0n) is 17.5. The molecule has 2 aliphatic rings. The Hall–Kier alpha value is -2.33. The Morgan fingerprint density at radius 1 is 1.17 bits per heavy atom. The smallest absolute Gasteiger partial charge is 0.235 e. The van der Waals surface area contributed by atoms with Crippen LogP contribution in [0.2, 0.25) is 0 Å². The second kappa shape index (κ2) is 8.58. The van der Waals surface area contributed by atoms with Gasteiger partial charge in [0.15, 0.2) is 0 Å². The van der Waals surface area contributed by atoms with Gasteiger partial charge < -0.3 is 15.4 Å². The largest absolute Gasteiger partial charge is 0.457 e. The van der Waals surface area contributed by atoms with Gasteiger partial charge in [-0.25, -0.2) is 0 Å². The molecule has 4 rings (SSSR count). The highest BCUT2D eigenvalue weighted by atomic mass is 16.5. The monoisotopic (exact) mass is 392 g/mol. The van der Waals surface area contributed by atoms with Crippen LogP contribution in [0, 0.1) is 11.8 Å². The van der Waals surface area contributed by atoms with E-state index in [4.69, 9.17) is 4.74 Å². The molecular weight excluding hydrogens is 360 g/mol. The van der Waals surface area contributed by atoms with Crippen LogP contribution >= 0.6 is 0 Å². The summed E-state index contributed by atoms with van der Waals surface area (Å²) in [6.45, 7) is 7.24. The predicted octanol–water partition coefficient (Wildman–Crippen LogP) is 4.63. The van der Waals surface area contributed by atoms with Crippen LogP contribution in [0.1, 0.15) is 50.7 Å². The third-order valence-electron chi connectivity index (χ3n) is 6.60. The van der Waals surface area contributed by atoms with Crippen molar-refractivity contribution in [2.45, 2.75) is 44.9 Å². The summed E-state index contributed by atoms with van der Waals surface area (Å²) < 4.78 is 6.09. The Kier molecular flexibility index (Phi) is 5.91. The zero-order chi connectivity index (χ0) is 20.3. The van der Waals surface area contributed by atoms with Crippen LogP contribution in [-0.4, -0.2) is 25.5 Å². The molecule has 4 heteroatoms. The fourth-order valence-electron chi connectivity index (χ4n) is 4.96. The number of rotatable bonds is 7. The number of amides is 1. The van der Waals surface area contributed by atoms with Crippen LogP contribution in [0.25, 0.3) is 0 Å². The molecule has 0 radical (unpaired) electrons. The maximum atomic E-state index is 13.6. The molecule has 0 aromatic heterocycles. The lowest BCUT2D eigenvalue weighted by atomic mass is 9.73. The number of ether oxygens (including phenoxy) is 1. The fourth-order valence-corrected chi connectivity index (χ4v) is 4.96. The predicted molar refractivity (Wildman–Crippen MR) is 116 cm³/mol. The van der Waals surface area contributed by atoms with Gasteiger partial charge in [-0.1, -0.05) is 49.7 Å². The van der Waals surface area contributed by atoms with Crippen LogP contribution < -0.4 is 15.4 Å². The summed E-state index contributed by atoms with van der Waals surface area (Å²) in [5.41, 5.74) is 1.11. The van der Waals surface area contributed by atoms with Crippen LogP contribution in [0.15, 0.2) is 48.5 Å². The first-order valence-corrected chi connectivity index (χ1v) is 11.0. The number of carbonyl (C=O) groups excluding carboxylic acids is 1. The zero-order valence-corrected chi connectivity index (χ0v) is 17.5. The van der Waals surface area contributed by atoms with Gasteiger partial charge in [0, 0.05) is 17.7 Å². The van der Waals surface area contributed by atoms with Crippen molar-refractivity contribution in [2.24, 2.45) is 11.8 Å². The van der Waals surface area contributed by atoms with E-state index in [9.17, 15) is 4.79 Å². The van der Waals surface area contributed by atoms with E-state index in [2.05, 4.69) is 17.6 Å². The molecule has 4 nitrogen and oxygen atoms in total. The first-order valence-electron chi connectivity index (χ1n) is 11.0. The highest BCUT2D eigenvalue weighted by Gasteiger charge is 2.44. The summed E-state index contributed by atoms with van der Waals surface area (Å²) in [5.74, 6) is 2.87. The number of nitrogens with one attached hydrogen (secondary N) is 2. The average Bonchev–Trinajstić information content (AvgIpc) is 3.25.